The van der Waals surface area contributed by atoms with Gasteiger partial charge in [0.15, 0.2) is 0 Å². The average molecular weight is 123 g/mol. The van der Waals surface area contributed by atoms with E-state index in [2.05, 4.69) is 17.2 Å². The van der Waals surface area contributed by atoms with Gasteiger partial charge in [0.1, 0.15) is 0 Å². The molecule has 0 bridgehead atoms. The van der Waals surface area contributed by atoms with Crippen LogP contribution >= 0.6 is 0 Å². The molecule has 0 aliphatic heterocycles. The predicted octanol–water partition coefficient (Wildman–Crippen LogP) is 2.14. The van der Waals surface area contributed by atoms with E-state index in [1.807, 2.05) is 0 Å². The van der Waals surface area contributed by atoms with Gasteiger partial charge in [0.2, 0.25) is 0 Å². The Morgan fingerprint density at radius 1 is 1.33 bits per heavy atom. The molecule has 0 unspecified atom stereocenters. The molecular formula is C8H13N. The van der Waals surface area contributed by atoms with Crippen molar-refractivity contribution >= 4 is 0 Å². The Balaban J connectivity index is 0.000000500. The molecule has 1 heteroatoms. The van der Waals surface area contributed by atoms with E-state index >= 15 is 0 Å². The summed E-state index contributed by atoms with van der Waals surface area (Å²) in [7, 11) is 0. The van der Waals surface area contributed by atoms with Crippen LogP contribution in [-0.2, 0) is 12.8 Å². The summed E-state index contributed by atoms with van der Waals surface area (Å²) in [5, 5.41) is 0. The fraction of sp³-hybridized carbons (Fsp3) is 0.500. The van der Waals surface area contributed by atoms with Crippen molar-refractivity contribution < 1.29 is 1.43 Å². The van der Waals surface area contributed by atoms with E-state index < -0.39 is 0 Å². The molecule has 1 heterocycles. The molecule has 0 spiro atoms. The molecule has 2 rings (SSSR count). The first-order valence-electron chi connectivity index (χ1n) is 3.62. The van der Waals surface area contributed by atoms with Crippen LogP contribution in [-0.4, -0.2) is 4.98 Å². The van der Waals surface area contributed by atoms with Crippen LogP contribution in [0.3, 0.4) is 0 Å². The van der Waals surface area contributed by atoms with Crippen molar-refractivity contribution in [2.75, 3.05) is 0 Å². The number of fused-ring (bicyclic) bond motifs is 1. The van der Waals surface area contributed by atoms with Gasteiger partial charge >= 0.3 is 0 Å². The summed E-state index contributed by atoms with van der Waals surface area (Å²) in [4.78, 5) is 3.26. The summed E-state index contributed by atoms with van der Waals surface area (Å²) < 4.78 is 0. The van der Waals surface area contributed by atoms with E-state index in [0.29, 0.717) is 0 Å². The van der Waals surface area contributed by atoms with E-state index in [0.717, 1.165) is 0 Å². The zero-order valence-electron chi connectivity index (χ0n) is 5.48. The summed E-state index contributed by atoms with van der Waals surface area (Å²) in [6, 6.07) is 2.20. The van der Waals surface area contributed by atoms with Crippen LogP contribution in [0.2, 0.25) is 0 Å². The van der Waals surface area contributed by atoms with Crippen molar-refractivity contribution in [1.82, 2.24) is 4.98 Å². The zero-order chi connectivity index (χ0) is 6.10. The van der Waals surface area contributed by atoms with Crippen molar-refractivity contribution in [2.45, 2.75) is 25.7 Å². The minimum atomic E-state index is 0. The zero-order valence-corrected chi connectivity index (χ0v) is 5.48. The first-order valence-corrected chi connectivity index (χ1v) is 3.62. The Morgan fingerprint density at radius 3 is 3.11 bits per heavy atom. The highest BCUT2D eigenvalue weighted by molar-refractivity contribution is 5.22. The van der Waals surface area contributed by atoms with Gasteiger partial charge in [-0.3, -0.25) is 0 Å². The van der Waals surface area contributed by atoms with E-state index in [1.54, 1.807) is 5.56 Å². The molecule has 1 aliphatic rings. The molecule has 0 saturated carbocycles. The Morgan fingerprint density at radius 2 is 2.22 bits per heavy atom. The fourth-order valence-electron chi connectivity index (χ4n) is 1.52. The molecule has 1 aromatic heterocycles. The molecule has 0 radical (unpaired) electrons. The van der Waals surface area contributed by atoms with Crippen molar-refractivity contribution in [3.63, 3.8) is 0 Å². The smallest absolute Gasteiger partial charge is 0.0179 e. The lowest BCUT2D eigenvalue weighted by Crippen LogP contribution is -1.99. The van der Waals surface area contributed by atoms with Crippen LogP contribution in [0.15, 0.2) is 12.3 Å². The Hall–Kier alpha value is -0.720. The molecule has 9 heavy (non-hydrogen) atoms. The van der Waals surface area contributed by atoms with Gasteiger partial charge in [-0.05, 0) is 37.3 Å². The highest BCUT2D eigenvalue weighted by Gasteiger charge is 2.07. The molecule has 1 N–H and O–H groups in total. The summed E-state index contributed by atoms with van der Waals surface area (Å²) >= 11 is 0. The number of aromatic amines is 1. The lowest BCUT2D eigenvalue weighted by atomic mass is 9.98. The van der Waals surface area contributed by atoms with Gasteiger partial charge in [-0.2, -0.15) is 0 Å². The lowest BCUT2D eigenvalue weighted by Gasteiger charge is -2.08. The number of hydrogen-bond acceptors (Lipinski definition) is 0. The lowest BCUT2D eigenvalue weighted by molar-refractivity contribution is 0.677. The van der Waals surface area contributed by atoms with Gasteiger partial charge in [-0.15, -0.1) is 0 Å². The van der Waals surface area contributed by atoms with Crippen LogP contribution in [0.4, 0.5) is 0 Å². The summed E-state index contributed by atoms with van der Waals surface area (Å²) in [5.41, 5.74) is 3.02. The van der Waals surface area contributed by atoms with Crippen molar-refractivity contribution in [2.24, 2.45) is 0 Å². The van der Waals surface area contributed by atoms with Crippen LogP contribution in [0.25, 0.3) is 0 Å². The first-order chi connectivity index (χ1) is 4.47. The Kier molecular flexibility index (Phi) is 1.08. The third-order valence-corrected chi connectivity index (χ3v) is 2.05. The number of aromatic nitrogens is 1. The third-order valence-electron chi connectivity index (χ3n) is 2.05. The molecule has 0 saturated heterocycles. The van der Waals surface area contributed by atoms with E-state index in [4.69, 9.17) is 0 Å². The Labute approximate surface area is 56.6 Å². The van der Waals surface area contributed by atoms with E-state index in [1.165, 1.54) is 31.4 Å². The van der Waals surface area contributed by atoms with Crippen molar-refractivity contribution in [3.05, 3.63) is 23.5 Å². The Bertz CT molecular complexity index is 184. The number of rotatable bonds is 0. The van der Waals surface area contributed by atoms with Gasteiger partial charge in [0.25, 0.3) is 0 Å². The standard InChI is InChI=1S/C8H11N.H2/c1-2-4-8-7(3-1)5-6-9-8;/h5-6,9H,1-4H2;1H. The molecule has 50 valence electrons. The molecule has 1 aliphatic carbocycles. The van der Waals surface area contributed by atoms with Gasteiger partial charge in [-0.25, -0.2) is 0 Å². The highest BCUT2D eigenvalue weighted by Crippen LogP contribution is 2.18. The number of hydrogen-bond donors (Lipinski definition) is 1. The van der Waals surface area contributed by atoms with Gasteiger partial charge in [0.05, 0.1) is 0 Å². The largest absolute Gasteiger partial charge is 0.365 e. The predicted molar refractivity (Wildman–Crippen MR) is 39.5 cm³/mol. The molecule has 1 nitrogen and oxygen atoms in total. The molecule has 0 aromatic carbocycles. The van der Waals surface area contributed by atoms with Crippen molar-refractivity contribution in [1.29, 1.82) is 0 Å². The minimum absolute atomic E-state index is 0. The second-order valence-electron chi connectivity index (χ2n) is 2.69. The monoisotopic (exact) mass is 123 g/mol. The maximum absolute atomic E-state index is 3.26. The maximum Gasteiger partial charge on any atom is 0.0179 e. The minimum Gasteiger partial charge on any atom is -0.365 e. The third kappa shape index (κ3) is 0.766. The molecular weight excluding hydrogens is 110 g/mol. The highest BCUT2D eigenvalue weighted by atomic mass is 14.7. The van der Waals surface area contributed by atoms with Gasteiger partial charge in [-0.1, -0.05) is 0 Å². The first kappa shape index (κ1) is 5.10. The normalized spacial score (nSPS) is 17.3. The second kappa shape index (κ2) is 1.90. The van der Waals surface area contributed by atoms with E-state index in [-0.39, 0.29) is 1.43 Å². The van der Waals surface area contributed by atoms with Gasteiger partial charge < -0.3 is 4.98 Å². The van der Waals surface area contributed by atoms with Crippen LogP contribution < -0.4 is 0 Å². The van der Waals surface area contributed by atoms with Crippen LogP contribution in [0, 0.1) is 0 Å². The summed E-state index contributed by atoms with van der Waals surface area (Å²) in [6.45, 7) is 0. The summed E-state index contributed by atoms with van der Waals surface area (Å²) in [5.74, 6) is 0. The van der Waals surface area contributed by atoms with Crippen LogP contribution in [0.5, 0.6) is 0 Å². The molecule has 0 amide bonds. The quantitative estimate of drug-likeness (QED) is 0.544. The molecule has 0 fully saturated rings. The maximum atomic E-state index is 3.26. The number of nitrogens with one attached hydrogen (secondary N) is 1. The van der Waals surface area contributed by atoms with Crippen molar-refractivity contribution in [3.8, 4) is 0 Å². The number of aryl methyl sites for hydroxylation is 2. The number of H-pyrrole nitrogens is 1. The second-order valence-corrected chi connectivity index (χ2v) is 2.69. The van der Waals surface area contributed by atoms with Gasteiger partial charge in [0, 0.05) is 13.3 Å². The molecule has 1 aromatic rings. The van der Waals surface area contributed by atoms with E-state index in [9.17, 15) is 0 Å². The summed E-state index contributed by atoms with van der Waals surface area (Å²) in [6.07, 6.45) is 7.36. The SMILES string of the molecule is [HH].c1cc2c([nH]1)CCCC2. The van der Waals surface area contributed by atoms with Crippen LogP contribution in [0.1, 0.15) is 25.5 Å². The topological polar surface area (TPSA) is 15.8 Å². The average Bonchev–Trinajstić information content (AvgIpc) is 2.33. The molecule has 0 atom stereocenters. The fourth-order valence-corrected chi connectivity index (χ4v) is 1.52.